The highest BCUT2D eigenvalue weighted by atomic mass is 19.4. The Kier molecular flexibility index (Phi) is 4.64. The van der Waals surface area contributed by atoms with Crippen molar-refractivity contribution in [1.29, 1.82) is 0 Å². The highest BCUT2D eigenvalue weighted by Gasteiger charge is 2.30. The molecule has 2 aromatic rings. The van der Waals surface area contributed by atoms with Crippen LogP contribution in [0.25, 0.3) is 10.9 Å². The van der Waals surface area contributed by atoms with Gasteiger partial charge in [-0.2, -0.15) is 18.3 Å². The Morgan fingerprint density at radius 3 is 2.55 bits per heavy atom. The van der Waals surface area contributed by atoms with Crippen LogP contribution >= 0.6 is 0 Å². The highest BCUT2D eigenvalue weighted by molar-refractivity contribution is 6.04. The van der Waals surface area contributed by atoms with Crippen LogP contribution in [0, 0.1) is 0 Å². The number of nitrogens with one attached hydrogen (secondary N) is 3. The number of halogens is 3. The lowest BCUT2D eigenvalue weighted by molar-refractivity contribution is -0.153. The Labute approximate surface area is 123 Å². The van der Waals surface area contributed by atoms with Crippen molar-refractivity contribution >= 4 is 22.7 Å². The van der Waals surface area contributed by atoms with E-state index in [1.165, 1.54) is 0 Å². The third-order valence-corrected chi connectivity index (χ3v) is 2.78. The van der Waals surface area contributed by atoms with Gasteiger partial charge in [0.15, 0.2) is 5.69 Å². The maximum atomic E-state index is 11.9. The first kappa shape index (κ1) is 15.8. The number of alkyl halides is 3. The van der Waals surface area contributed by atoms with Crippen LogP contribution in [0.15, 0.2) is 24.3 Å². The Bertz CT molecular complexity index is 681. The lowest BCUT2D eigenvalue weighted by atomic mass is 10.2. The van der Waals surface area contributed by atoms with Crippen LogP contribution in [0.3, 0.4) is 0 Å². The summed E-state index contributed by atoms with van der Waals surface area (Å²) >= 11 is 0. The predicted octanol–water partition coefficient (Wildman–Crippen LogP) is 1.36. The van der Waals surface area contributed by atoms with Crippen LogP contribution in [0.4, 0.5) is 13.2 Å². The summed E-state index contributed by atoms with van der Waals surface area (Å²) in [5.41, 5.74) is 0.892. The molecule has 1 aromatic carbocycles. The van der Waals surface area contributed by atoms with Crippen LogP contribution in [-0.2, 0) is 4.79 Å². The molecule has 6 nitrogen and oxygen atoms in total. The molecule has 2 rings (SSSR count). The minimum atomic E-state index is -4.54. The second-order valence-corrected chi connectivity index (χ2v) is 4.52. The first-order valence-electron chi connectivity index (χ1n) is 6.41. The van der Waals surface area contributed by atoms with E-state index in [1.807, 2.05) is 0 Å². The average molecular weight is 314 g/mol. The third kappa shape index (κ3) is 4.21. The fourth-order valence-corrected chi connectivity index (χ4v) is 1.84. The van der Waals surface area contributed by atoms with Gasteiger partial charge in [0.05, 0.1) is 5.52 Å². The molecule has 0 unspecified atom stereocenters. The second-order valence-electron chi connectivity index (χ2n) is 4.52. The lowest BCUT2D eigenvalue weighted by Crippen LogP contribution is -2.36. The molecule has 0 spiro atoms. The molecule has 0 aliphatic heterocycles. The number of H-pyrrole nitrogens is 1. The third-order valence-electron chi connectivity index (χ3n) is 2.78. The zero-order chi connectivity index (χ0) is 16.2. The van der Waals surface area contributed by atoms with E-state index < -0.39 is 24.4 Å². The molecule has 1 heterocycles. The van der Waals surface area contributed by atoms with Gasteiger partial charge in [0.25, 0.3) is 5.91 Å². The van der Waals surface area contributed by atoms with E-state index in [0.29, 0.717) is 10.9 Å². The van der Waals surface area contributed by atoms with E-state index in [-0.39, 0.29) is 18.8 Å². The van der Waals surface area contributed by atoms with Crippen LogP contribution in [0.2, 0.25) is 0 Å². The maximum Gasteiger partial charge on any atom is 0.397 e. The van der Waals surface area contributed by atoms with Crippen LogP contribution in [-0.4, -0.2) is 41.3 Å². The number of fused-ring (bicyclic) bond motifs is 1. The average Bonchev–Trinajstić information content (AvgIpc) is 2.85. The van der Waals surface area contributed by atoms with Crippen LogP contribution < -0.4 is 10.6 Å². The molecule has 0 saturated heterocycles. The number of rotatable bonds is 5. The van der Waals surface area contributed by atoms with Gasteiger partial charge in [-0.05, 0) is 6.07 Å². The fourth-order valence-electron chi connectivity index (χ4n) is 1.84. The summed E-state index contributed by atoms with van der Waals surface area (Å²) < 4.78 is 35.8. The Morgan fingerprint density at radius 2 is 1.82 bits per heavy atom. The second kappa shape index (κ2) is 6.46. The predicted molar refractivity (Wildman–Crippen MR) is 72.1 cm³/mol. The standard InChI is InChI=1S/C13H13F3N4O2/c14-13(15,16)7-10(21)17-5-6-18-12(22)11-8-3-1-2-4-9(8)19-20-11/h1-4H,5-7H2,(H,17,21)(H,18,22)(H,19,20). The van der Waals surface area contributed by atoms with Crippen molar-refractivity contribution in [3.05, 3.63) is 30.0 Å². The molecule has 0 fully saturated rings. The SMILES string of the molecule is O=C(CC(F)(F)F)NCCNC(=O)c1n[nH]c2ccccc12. The van der Waals surface area contributed by atoms with Gasteiger partial charge >= 0.3 is 6.18 Å². The topological polar surface area (TPSA) is 86.9 Å². The van der Waals surface area contributed by atoms with E-state index in [0.717, 1.165) is 0 Å². The molecule has 0 aliphatic carbocycles. The highest BCUT2D eigenvalue weighted by Crippen LogP contribution is 2.18. The Hall–Kier alpha value is -2.58. The summed E-state index contributed by atoms with van der Waals surface area (Å²) in [6.07, 6.45) is -6.08. The zero-order valence-electron chi connectivity index (χ0n) is 11.3. The van der Waals surface area contributed by atoms with Gasteiger partial charge in [-0.3, -0.25) is 14.7 Å². The molecule has 0 radical (unpaired) electrons. The van der Waals surface area contributed by atoms with Gasteiger partial charge in [-0.15, -0.1) is 0 Å². The molecular weight excluding hydrogens is 301 g/mol. The summed E-state index contributed by atoms with van der Waals surface area (Å²) in [7, 11) is 0. The van der Waals surface area contributed by atoms with Crippen molar-refractivity contribution in [1.82, 2.24) is 20.8 Å². The summed E-state index contributed by atoms with van der Waals surface area (Å²) in [5, 5.41) is 11.8. The molecule has 0 bridgehead atoms. The van der Waals surface area contributed by atoms with Crippen molar-refractivity contribution in [2.45, 2.75) is 12.6 Å². The lowest BCUT2D eigenvalue weighted by Gasteiger charge is -2.08. The molecule has 22 heavy (non-hydrogen) atoms. The van der Waals surface area contributed by atoms with Crippen molar-refractivity contribution in [2.24, 2.45) is 0 Å². The number of carbonyl (C=O) groups is 2. The van der Waals surface area contributed by atoms with E-state index in [1.54, 1.807) is 24.3 Å². The number of aromatic nitrogens is 2. The Balaban J connectivity index is 1.80. The van der Waals surface area contributed by atoms with Crippen molar-refractivity contribution in [2.75, 3.05) is 13.1 Å². The van der Waals surface area contributed by atoms with E-state index in [2.05, 4.69) is 20.8 Å². The maximum absolute atomic E-state index is 11.9. The quantitative estimate of drug-likeness (QED) is 0.728. The molecule has 118 valence electrons. The van der Waals surface area contributed by atoms with Gasteiger partial charge < -0.3 is 10.6 Å². The Morgan fingerprint density at radius 1 is 1.14 bits per heavy atom. The first-order chi connectivity index (χ1) is 10.4. The smallest absolute Gasteiger partial charge is 0.354 e. The molecule has 0 aliphatic rings. The minimum Gasteiger partial charge on any atom is -0.354 e. The number of para-hydroxylation sites is 1. The van der Waals surface area contributed by atoms with Gasteiger partial charge in [0.2, 0.25) is 5.91 Å². The van der Waals surface area contributed by atoms with Gasteiger partial charge in [0, 0.05) is 18.5 Å². The van der Waals surface area contributed by atoms with Crippen LogP contribution in [0.1, 0.15) is 16.9 Å². The van der Waals surface area contributed by atoms with Crippen LogP contribution in [0.5, 0.6) is 0 Å². The van der Waals surface area contributed by atoms with Gasteiger partial charge in [-0.1, -0.05) is 18.2 Å². The van der Waals surface area contributed by atoms with Crippen molar-refractivity contribution in [3.63, 3.8) is 0 Å². The minimum absolute atomic E-state index is 0.00359. The number of benzene rings is 1. The number of hydrogen-bond donors (Lipinski definition) is 3. The monoisotopic (exact) mass is 314 g/mol. The van der Waals surface area contributed by atoms with E-state index >= 15 is 0 Å². The number of amides is 2. The van der Waals surface area contributed by atoms with E-state index in [4.69, 9.17) is 0 Å². The number of nitrogens with zero attached hydrogens (tertiary/aromatic N) is 1. The largest absolute Gasteiger partial charge is 0.397 e. The zero-order valence-corrected chi connectivity index (χ0v) is 11.3. The summed E-state index contributed by atoms with van der Waals surface area (Å²) in [6.45, 7) is -0.0906. The van der Waals surface area contributed by atoms with E-state index in [9.17, 15) is 22.8 Å². The molecule has 0 saturated carbocycles. The van der Waals surface area contributed by atoms with Crippen molar-refractivity contribution < 1.29 is 22.8 Å². The van der Waals surface area contributed by atoms with Gasteiger partial charge in [-0.25, -0.2) is 0 Å². The summed E-state index contributed by atoms with van der Waals surface area (Å²) in [6, 6.07) is 7.03. The van der Waals surface area contributed by atoms with Crippen molar-refractivity contribution in [3.8, 4) is 0 Å². The molecule has 1 aromatic heterocycles. The first-order valence-corrected chi connectivity index (χ1v) is 6.41. The molecule has 9 heteroatoms. The summed E-state index contributed by atoms with van der Waals surface area (Å²) in [4.78, 5) is 22.9. The fraction of sp³-hybridized carbons (Fsp3) is 0.308. The molecule has 2 amide bonds. The molecular formula is C13H13F3N4O2. The van der Waals surface area contributed by atoms with Gasteiger partial charge in [0.1, 0.15) is 6.42 Å². The number of aromatic amines is 1. The number of carbonyl (C=O) groups excluding carboxylic acids is 2. The summed E-state index contributed by atoms with van der Waals surface area (Å²) in [5.74, 6) is -1.60. The normalized spacial score (nSPS) is 11.4. The number of hydrogen-bond acceptors (Lipinski definition) is 3. The molecule has 3 N–H and O–H groups in total. The molecule has 0 atom stereocenters.